The zero-order valence-corrected chi connectivity index (χ0v) is 9.34. The first-order valence-corrected chi connectivity index (χ1v) is 6.02. The van der Waals surface area contributed by atoms with Crippen LogP contribution in [0.2, 0.25) is 0 Å². The molecule has 0 spiro atoms. The Kier molecular flexibility index (Phi) is 2.49. The molecule has 80 valence electrons. The molecule has 0 radical (unpaired) electrons. The van der Waals surface area contributed by atoms with E-state index in [4.69, 9.17) is 0 Å². The van der Waals surface area contributed by atoms with Crippen LogP contribution in [0.25, 0.3) is 6.08 Å². The molecule has 0 nitrogen and oxygen atoms in total. The van der Waals surface area contributed by atoms with Crippen LogP contribution in [0.3, 0.4) is 0 Å². The third-order valence-corrected chi connectivity index (χ3v) is 3.52. The van der Waals surface area contributed by atoms with Crippen molar-refractivity contribution in [3.63, 3.8) is 0 Å². The maximum absolute atomic E-state index is 2.37. The number of fused-ring (bicyclic) bond motifs is 2. The molecule has 0 aromatic heterocycles. The minimum Gasteiger partial charge on any atom is -0.0811 e. The smallest absolute Gasteiger partial charge is 0.00109 e. The van der Waals surface area contributed by atoms with Crippen LogP contribution >= 0.6 is 0 Å². The third-order valence-electron chi connectivity index (χ3n) is 3.52. The predicted molar refractivity (Wildman–Crippen MR) is 68.9 cm³/mol. The molecule has 0 amide bonds. The number of hydrogen-bond donors (Lipinski definition) is 0. The van der Waals surface area contributed by atoms with Crippen LogP contribution in [0.4, 0.5) is 0 Å². The number of benzene rings is 1. The Morgan fingerprint density at radius 3 is 2.69 bits per heavy atom. The van der Waals surface area contributed by atoms with Crippen LogP contribution in [-0.2, 0) is 0 Å². The second-order valence-corrected chi connectivity index (χ2v) is 4.71. The van der Waals surface area contributed by atoms with Crippen LogP contribution in [0.15, 0.2) is 60.2 Å². The molecule has 1 aromatic carbocycles. The van der Waals surface area contributed by atoms with Crippen LogP contribution in [0, 0.1) is 11.8 Å². The average Bonchev–Trinajstić information content (AvgIpc) is 2.53. The van der Waals surface area contributed by atoms with Crippen LogP contribution in [-0.4, -0.2) is 0 Å². The van der Waals surface area contributed by atoms with E-state index in [1.165, 1.54) is 18.4 Å². The van der Waals surface area contributed by atoms with Gasteiger partial charge in [-0.3, -0.25) is 0 Å². The highest BCUT2D eigenvalue weighted by Crippen LogP contribution is 2.39. The lowest BCUT2D eigenvalue weighted by Gasteiger charge is -2.06. The van der Waals surface area contributed by atoms with Crippen LogP contribution < -0.4 is 0 Å². The van der Waals surface area contributed by atoms with E-state index >= 15 is 0 Å². The van der Waals surface area contributed by atoms with Gasteiger partial charge in [0, 0.05) is 0 Å². The summed E-state index contributed by atoms with van der Waals surface area (Å²) in [5.74, 6) is 1.43. The topological polar surface area (TPSA) is 0 Å². The van der Waals surface area contributed by atoms with Crippen LogP contribution in [0.1, 0.15) is 18.4 Å². The summed E-state index contributed by atoms with van der Waals surface area (Å²) in [7, 11) is 0. The Bertz CT molecular complexity index is 448. The molecule has 2 aliphatic carbocycles. The minimum atomic E-state index is 0.667. The van der Waals surface area contributed by atoms with Crippen molar-refractivity contribution in [3.05, 3.63) is 65.8 Å². The molecular weight excluding hydrogens is 192 g/mol. The zero-order valence-electron chi connectivity index (χ0n) is 9.34. The van der Waals surface area contributed by atoms with Gasteiger partial charge in [0.25, 0.3) is 0 Å². The van der Waals surface area contributed by atoms with Gasteiger partial charge in [0.2, 0.25) is 0 Å². The van der Waals surface area contributed by atoms with Gasteiger partial charge in [-0.15, -0.1) is 0 Å². The van der Waals surface area contributed by atoms with Gasteiger partial charge in [-0.1, -0.05) is 66.3 Å². The summed E-state index contributed by atoms with van der Waals surface area (Å²) in [6.07, 6.45) is 14.0. The van der Waals surface area contributed by atoms with Crippen LogP contribution in [0.5, 0.6) is 0 Å². The highest BCUT2D eigenvalue weighted by atomic mass is 14.3. The SMILES string of the molecule is C1=C[C@@H]2C/C(=C\c3ccccc3)[C@H](C=C1)C2. The van der Waals surface area contributed by atoms with Crippen molar-refractivity contribution in [1.29, 1.82) is 0 Å². The van der Waals surface area contributed by atoms with Crippen molar-refractivity contribution >= 4 is 6.08 Å². The molecule has 1 saturated carbocycles. The van der Waals surface area contributed by atoms with E-state index in [2.05, 4.69) is 60.7 Å². The first-order valence-electron chi connectivity index (χ1n) is 6.02. The molecule has 0 aliphatic heterocycles. The molecule has 0 heterocycles. The first kappa shape index (κ1) is 9.65. The molecule has 2 atom stereocenters. The van der Waals surface area contributed by atoms with E-state index in [9.17, 15) is 0 Å². The second-order valence-electron chi connectivity index (χ2n) is 4.71. The molecule has 0 unspecified atom stereocenters. The normalized spacial score (nSPS) is 29.6. The molecule has 0 heteroatoms. The maximum Gasteiger partial charge on any atom is -0.00109 e. The molecular formula is C16H16. The molecule has 0 saturated heterocycles. The molecule has 2 bridgehead atoms. The summed E-state index contributed by atoms with van der Waals surface area (Å²) in [6.45, 7) is 0. The van der Waals surface area contributed by atoms with Crippen molar-refractivity contribution in [3.8, 4) is 0 Å². The summed E-state index contributed by atoms with van der Waals surface area (Å²) >= 11 is 0. The summed E-state index contributed by atoms with van der Waals surface area (Å²) in [5.41, 5.74) is 2.93. The maximum atomic E-state index is 2.37. The standard InChI is InChI=1S/C16H16/c1-2-6-13(7-3-1)10-16-12-14-8-4-5-9-15(16)11-14/h1-10,14-15H,11-12H2/b16-10+/t14-,15+/m0/s1. The Morgan fingerprint density at radius 1 is 1.00 bits per heavy atom. The molecule has 16 heavy (non-hydrogen) atoms. The van der Waals surface area contributed by atoms with Gasteiger partial charge in [-0.2, -0.15) is 0 Å². The number of rotatable bonds is 1. The van der Waals surface area contributed by atoms with E-state index in [0.29, 0.717) is 5.92 Å². The van der Waals surface area contributed by atoms with E-state index in [1.54, 1.807) is 5.57 Å². The van der Waals surface area contributed by atoms with Gasteiger partial charge in [0.1, 0.15) is 0 Å². The molecule has 3 rings (SSSR count). The number of hydrogen-bond acceptors (Lipinski definition) is 0. The lowest BCUT2D eigenvalue weighted by molar-refractivity contribution is 0.651. The van der Waals surface area contributed by atoms with Gasteiger partial charge >= 0.3 is 0 Å². The fourth-order valence-corrected chi connectivity index (χ4v) is 2.71. The zero-order chi connectivity index (χ0) is 10.8. The highest BCUT2D eigenvalue weighted by molar-refractivity contribution is 5.55. The lowest BCUT2D eigenvalue weighted by atomic mass is 9.99. The Hall–Kier alpha value is -1.56. The average molecular weight is 208 g/mol. The van der Waals surface area contributed by atoms with Crippen molar-refractivity contribution in [2.24, 2.45) is 11.8 Å². The fourth-order valence-electron chi connectivity index (χ4n) is 2.71. The molecule has 1 fully saturated rings. The highest BCUT2D eigenvalue weighted by Gasteiger charge is 2.26. The van der Waals surface area contributed by atoms with Crippen molar-refractivity contribution in [1.82, 2.24) is 0 Å². The summed E-state index contributed by atoms with van der Waals surface area (Å²) < 4.78 is 0. The Labute approximate surface area is 97.0 Å². The summed E-state index contributed by atoms with van der Waals surface area (Å²) in [4.78, 5) is 0. The van der Waals surface area contributed by atoms with E-state index in [-0.39, 0.29) is 0 Å². The fraction of sp³-hybridized carbons (Fsp3) is 0.250. The minimum absolute atomic E-state index is 0.667. The quantitative estimate of drug-likeness (QED) is 0.648. The van der Waals surface area contributed by atoms with E-state index in [0.717, 1.165) is 5.92 Å². The van der Waals surface area contributed by atoms with Gasteiger partial charge < -0.3 is 0 Å². The van der Waals surface area contributed by atoms with E-state index < -0.39 is 0 Å². The monoisotopic (exact) mass is 208 g/mol. The van der Waals surface area contributed by atoms with E-state index in [1.807, 2.05) is 0 Å². The first-order chi connectivity index (χ1) is 7.92. The van der Waals surface area contributed by atoms with Gasteiger partial charge in [0.15, 0.2) is 0 Å². The largest absolute Gasteiger partial charge is 0.0811 e. The Morgan fingerprint density at radius 2 is 1.81 bits per heavy atom. The van der Waals surface area contributed by atoms with Crippen molar-refractivity contribution in [2.45, 2.75) is 12.8 Å². The Balaban J connectivity index is 1.89. The summed E-state index contributed by atoms with van der Waals surface area (Å²) in [5, 5.41) is 0. The van der Waals surface area contributed by atoms with Gasteiger partial charge in [0.05, 0.1) is 0 Å². The number of allylic oxidation sites excluding steroid dienone is 5. The molecule has 1 aromatic rings. The van der Waals surface area contributed by atoms with Crippen molar-refractivity contribution in [2.75, 3.05) is 0 Å². The molecule has 0 N–H and O–H groups in total. The molecule has 2 aliphatic rings. The second kappa shape index (κ2) is 4.13. The third kappa shape index (κ3) is 1.88. The van der Waals surface area contributed by atoms with Gasteiger partial charge in [-0.25, -0.2) is 0 Å². The van der Waals surface area contributed by atoms with Crippen molar-refractivity contribution < 1.29 is 0 Å². The summed E-state index contributed by atoms with van der Waals surface area (Å²) in [6, 6.07) is 10.7. The van der Waals surface area contributed by atoms with Gasteiger partial charge in [-0.05, 0) is 30.2 Å². The lowest BCUT2D eigenvalue weighted by Crippen LogP contribution is -1.90. The predicted octanol–water partition coefficient (Wildman–Crippen LogP) is 4.22.